The zero-order valence-electron chi connectivity index (χ0n) is 16.5. The third-order valence-corrected chi connectivity index (χ3v) is 5.90. The summed E-state index contributed by atoms with van der Waals surface area (Å²) in [6.45, 7) is 4.47. The number of benzene rings is 2. The Labute approximate surface area is 173 Å². The number of rotatable bonds is 7. The lowest BCUT2D eigenvalue weighted by molar-refractivity contribution is 0.0951. The lowest BCUT2D eigenvalue weighted by atomic mass is 10.1. The molecule has 0 unspecified atom stereocenters. The zero-order chi connectivity index (χ0) is 21.9. The van der Waals surface area contributed by atoms with Crippen molar-refractivity contribution in [3.05, 3.63) is 70.3 Å². The molecule has 0 saturated heterocycles. The van der Waals surface area contributed by atoms with Crippen LogP contribution in [0.5, 0.6) is 0 Å². The maximum atomic E-state index is 13.8. The van der Waals surface area contributed by atoms with Gasteiger partial charge in [-0.1, -0.05) is 26.0 Å². The van der Waals surface area contributed by atoms with Gasteiger partial charge in [-0.15, -0.1) is 0 Å². The highest BCUT2D eigenvalue weighted by Gasteiger charge is 2.19. The second kappa shape index (κ2) is 8.66. The molecule has 7 nitrogen and oxygen atoms in total. The zero-order valence-corrected chi connectivity index (χ0v) is 17.3. The molecular formula is C21H22FN3O4S. The minimum absolute atomic E-state index is 0.0444. The molecule has 1 amide bonds. The van der Waals surface area contributed by atoms with Crippen LogP contribution in [-0.4, -0.2) is 25.9 Å². The Hall–Kier alpha value is -3.20. The van der Waals surface area contributed by atoms with E-state index in [0.717, 1.165) is 12.5 Å². The molecule has 1 heterocycles. The minimum Gasteiger partial charge on any atom is -0.360 e. The summed E-state index contributed by atoms with van der Waals surface area (Å²) in [5, 5.41) is 2.73. The Kier molecular flexibility index (Phi) is 6.21. The maximum Gasteiger partial charge on any atom is 0.262 e. The van der Waals surface area contributed by atoms with Gasteiger partial charge in [0.15, 0.2) is 0 Å². The normalized spacial score (nSPS) is 11.6. The van der Waals surface area contributed by atoms with E-state index >= 15 is 0 Å². The van der Waals surface area contributed by atoms with E-state index in [1.165, 1.54) is 42.6 Å². The van der Waals surface area contributed by atoms with Crippen molar-refractivity contribution in [2.24, 2.45) is 5.92 Å². The highest BCUT2D eigenvalue weighted by atomic mass is 32.2. The summed E-state index contributed by atoms with van der Waals surface area (Å²) in [6.07, 6.45) is 2.07. The van der Waals surface area contributed by atoms with Crippen LogP contribution in [-0.2, 0) is 10.0 Å². The van der Waals surface area contributed by atoms with Crippen molar-refractivity contribution < 1.29 is 17.6 Å². The predicted molar refractivity (Wildman–Crippen MR) is 114 cm³/mol. The summed E-state index contributed by atoms with van der Waals surface area (Å²) in [4.78, 5) is 27.8. The van der Waals surface area contributed by atoms with E-state index < -0.39 is 27.2 Å². The van der Waals surface area contributed by atoms with E-state index in [9.17, 15) is 22.4 Å². The smallest absolute Gasteiger partial charge is 0.262 e. The highest BCUT2D eigenvalue weighted by molar-refractivity contribution is 7.92. The number of sulfonamides is 1. The second-order valence-electron chi connectivity index (χ2n) is 7.26. The molecular weight excluding hydrogens is 409 g/mol. The third kappa shape index (κ3) is 4.68. The number of halogens is 1. The molecule has 0 atom stereocenters. The van der Waals surface area contributed by atoms with Gasteiger partial charge in [-0.05, 0) is 42.7 Å². The van der Waals surface area contributed by atoms with Crippen LogP contribution in [0.2, 0.25) is 0 Å². The number of para-hydroxylation sites is 1. The number of H-pyrrole nitrogens is 1. The first-order valence-electron chi connectivity index (χ1n) is 9.40. The summed E-state index contributed by atoms with van der Waals surface area (Å²) >= 11 is 0. The molecule has 0 bridgehead atoms. The molecule has 0 spiro atoms. The lowest BCUT2D eigenvalue weighted by Crippen LogP contribution is -2.30. The van der Waals surface area contributed by atoms with Gasteiger partial charge in [0.25, 0.3) is 15.9 Å². The summed E-state index contributed by atoms with van der Waals surface area (Å²) < 4.78 is 41.3. The van der Waals surface area contributed by atoms with Gasteiger partial charge in [-0.25, -0.2) is 12.8 Å². The van der Waals surface area contributed by atoms with E-state index in [1.54, 1.807) is 0 Å². The first-order chi connectivity index (χ1) is 14.2. The standard InChI is InChI=1S/C21H22FN3O4S/c1-13(2)9-10-23-21(27)16-12-24-18-8-7-14(11-15(18)20(16)26)30(28,29)25-19-6-4-3-5-17(19)22/h3-8,11-13,25H,9-10H2,1-2H3,(H,23,27)(H,24,26). The fourth-order valence-corrected chi connectivity index (χ4v) is 3.94. The van der Waals surface area contributed by atoms with Crippen molar-refractivity contribution in [2.45, 2.75) is 25.2 Å². The highest BCUT2D eigenvalue weighted by Crippen LogP contribution is 2.21. The molecule has 0 saturated carbocycles. The van der Waals surface area contributed by atoms with Crippen LogP contribution in [0.1, 0.15) is 30.6 Å². The van der Waals surface area contributed by atoms with Gasteiger partial charge in [0.1, 0.15) is 11.4 Å². The summed E-state index contributed by atoms with van der Waals surface area (Å²) in [5.74, 6) is -0.855. The van der Waals surface area contributed by atoms with Gasteiger partial charge < -0.3 is 10.3 Å². The van der Waals surface area contributed by atoms with E-state index in [2.05, 4.69) is 15.0 Å². The number of aromatic nitrogens is 1. The number of aromatic amines is 1. The van der Waals surface area contributed by atoms with Crippen LogP contribution in [0.4, 0.5) is 10.1 Å². The van der Waals surface area contributed by atoms with Gasteiger partial charge in [-0.3, -0.25) is 14.3 Å². The molecule has 3 aromatic rings. The van der Waals surface area contributed by atoms with Gasteiger partial charge in [0.05, 0.1) is 10.6 Å². The van der Waals surface area contributed by atoms with Gasteiger partial charge in [0, 0.05) is 23.6 Å². The molecule has 9 heteroatoms. The number of carbonyl (C=O) groups is 1. The SMILES string of the molecule is CC(C)CCNC(=O)c1c[nH]c2ccc(S(=O)(=O)Nc3ccccc3F)cc2c1=O. The van der Waals surface area contributed by atoms with Crippen LogP contribution < -0.4 is 15.5 Å². The predicted octanol–water partition coefficient (Wildman–Crippen LogP) is 3.24. The van der Waals surface area contributed by atoms with Crippen molar-refractivity contribution >= 4 is 32.5 Å². The molecule has 0 radical (unpaired) electrons. The number of hydrogen-bond acceptors (Lipinski definition) is 4. The fraction of sp³-hybridized carbons (Fsp3) is 0.238. The van der Waals surface area contributed by atoms with Gasteiger partial charge in [-0.2, -0.15) is 0 Å². The Balaban J connectivity index is 1.95. The maximum absolute atomic E-state index is 13.8. The minimum atomic E-state index is -4.14. The summed E-state index contributed by atoms with van der Waals surface area (Å²) in [5.41, 5.74) is -0.523. The molecule has 158 valence electrons. The largest absolute Gasteiger partial charge is 0.360 e. The van der Waals surface area contributed by atoms with Crippen LogP contribution in [0.15, 0.2) is 58.4 Å². The number of amides is 1. The Morgan fingerprint density at radius 3 is 2.60 bits per heavy atom. The molecule has 30 heavy (non-hydrogen) atoms. The summed E-state index contributed by atoms with van der Waals surface area (Å²) in [7, 11) is -4.14. The quantitative estimate of drug-likeness (QED) is 0.534. The molecule has 0 aliphatic carbocycles. The molecule has 0 fully saturated rings. The fourth-order valence-electron chi connectivity index (χ4n) is 2.85. The van der Waals surface area contributed by atoms with Crippen LogP contribution in [0.3, 0.4) is 0 Å². The Morgan fingerprint density at radius 2 is 1.90 bits per heavy atom. The van der Waals surface area contributed by atoms with E-state index in [1.807, 2.05) is 13.8 Å². The summed E-state index contributed by atoms with van der Waals surface area (Å²) in [6, 6.07) is 9.25. The molecule has 0 aliphatic rings. The Bertz CT molecular complexity index is 1250. The first kappa shape index (κ1) is 21.5. The van der Waals surface area contributed by atoms with E-state index in [0.29, 0.717) is 18.0 Å². The number of pyridine rings is 1. The number of hydrogen-bond donors (Lipinski definition) is 3. The van der Waals surface area contributed by atoms with Crippen molar-refractivity contribution in [2.75, 3.05) is 11.3 Å². The molecule has 0 aliphatic heterocycles. The van der Waals surface area contributed by atoms with E-state index in [-0.39, 0.29) is 21.5 Å². The average molecular weight is 431 g/mol. The Morgan fingerprint density at radius 1 is 1.17 bits per heavy atom. The van der Waals surface area contributed by atoms with Crippen LogP contribution >= 0.6 is 0 Å². The molecule has 3 rings (SSSR count). The third-order valence-electron chi connectivity index (χ3n) is 4.53. The van der Waals surface area contributed by atoms with Crippen molar-refractivity contribution in [3.8, 4) is 0 Å². The second-order valence-corrected chi connectivity index (χ2v) is 8.95. The number of nitrogens with one attached hydrogen (secondary N) is 3. The number of carbonyl (C=O) groups excluding carboxylic acids is 1. The van der Waals surface area contributed by atoms with Gasteiger partial charge in [0.2, 0.25) is 5.43 Å². The number of anilines is 1. The van der Waals surface area contributed by atoms with Crippen LogP contribution in [0.25, 0.3) is 10.9 Å². The van der Waals surface area contributed by atoms with Crippen molar-refractivity contribution in [1.82, 2.24) is 10.3 Å². The van der Waals surface area contributed by atoms with Crippen molar-refractivity contribution in [1.29, 1.82) is 0 Å². The topological polar surface area (TPSA) is 108 Å². The monoisotopic (exact) mass is 431 g/mol. The van der Waals surface area contributed by atoms with Crippen molar-refractivity contribution in [3.63, 3.8) is 0 Å². The molecule has 1 aromatic heterocycles. The molecule has 2 aromatic carbocycles. The molecule has 3 N–H and O–H groups in total. The van der Waals surface area contributed by atoms with Crippen LogP contribution in [0, 0.1) is 11.7 Å². The van der Waals surface area contributed by atoms with E-state index in [4.69, 9.17) is 0 Å². The number of fused-ring (bicyclic) bond motifs is 1. The lowest BCUT2D eigenvalue weighted by Gasteiger charge is -2.10. The van der Waals surface area contributed by atoms with Gasteiger partial charge >= 0.3 is 0 Å². The first-order valence-corrected chi connectivity index (χ1v) is 10.9. The average Bonchev–Trinajstić information content (AvgIpc) is 2.69.